The first kappa shape index (κ1) is 19.2. The van der Waals surface area contributed by atoms with Crippen molar-refractivity contribution in [1.29, 1.82) is 0 Å². The van der Waals surface area contributed by atoms with Gasteiger partial charge in [-0.05, 0) is 36.8 Å². The number of hydrogen-bond acceptors (Lipinski definition) is 3. The Morgan fingerprint density at radius 1 is 1.12 bits per heavy atom. The van der Waals surface area contributed by atoms with Gasteiger partial charge in [0.05, 0.1) is 13.0 Å². The van der Waals surface area contributed by atoms with Crippen LogP contribution in [0.1, 0.15) is 12.5 Å². The molecule has 2 amide bonds. The minimum absolute atomic E-state index is 0.155. The van der Waals surface area contributed by atoms with Crippen molar-refractivity contribution >= 4 is 23.8 Å². The van der Waals surface area contributed by atoms with E-state index in [9.17, 15) is 23.2 Å². The van der Waals surface area contributed by atoms with Crippen LogP contribution in [-0.2, 0) is 20.8 Å². The lowest BCUT2D eigenvalue weighted by Gasteiger charge is -2.24. The van der Waals surface area contributed by atoms with E-state index < -0.39 is 29.5 Å². The summed E-state index contributed by atoms with van der Waals surface area (Å²) in [5, 5.41) is 2.48. The van der Waals surface area contributed by atoms with Gasteiger partial charge in [-0.1, -0.05) is 18.2 Å². The van der Waals surface area contributed by atoms with Gasteiger partial charge in [0.15, 0.2) is 0 Å². The number of nitrogens with one attached hydrogen (secondary N) is 1. The molecule has 2 rings (SSSR count). The molecule has 0 aliphatic carbocycles. The fourth-order valence-corrected chi connectivity index (χ4v) is 2.49. The average Bonchev–Trinajstić information content (AvgIpc) is 2.58. The first-order valence-electron chi connectivity index (χ1n) is 7.95. The number of aldehydes is 1. The van der Waals surface area contributed by atoms with Gasteiger partial charge in [-0.15, -0.1) is 0 Å². The van der Waals surface area contributed by atoms with E-state index in [-0.39, 0.29) is 18.5 Å². The standard InChI is InChI=1S/C19H18F2N2O3/c1-13(19(26)23(7-8-24)17-5-3-2-4-6-17)22-18(25)11-14-9-15(20)12-16(21)10-14/h2-6,8-10,12-13H,7,11H2,1H3,(H,22,25)/t13-/m0/s1. The van der Waals surface area contributed by atoms with Gasteiger partial charge in [0.25, 0.3) is 0 Å². The van der Waals surface area contributed by atoms with Gasteiger partial charge >= 0.3 is 0 Å². The Bertz CT molecular complexity index is 776. The Morgan fingerprint density at radius 2 is 1.73 bits per heavy atom. The smallest absolute Gasteiger partial charge is 0.249 e. The van der Waals surface area contributed by atoms with Gasteiger partial charge in [0, 0.05) is 11.8 Å². The highest BCUT2D eigenvalue weighted by molar-refractivity contribution is 6.00. The number of carbonyl (C=O) groups excluding carboxylic acids is 3. The fourth-order valence-electron chi connectivity index (χ4n) is 2.49. The third-order valence-electron chi connectivity index (χ3n) is 3.63. The second-order valence-electron chi connectivity index (χ2n) is 5.69. The van der Waals surface area contributed by atoms with E-state index in [1.54, 1.807) is 30.3 Å². The number of carbonyl (C=O) groups is 3. The molecule has 0 aliphatic rings. The lowest BCUT2D eigenvalue weighted by atomic mass is 10.1. The van der Waals surface area contributed by atoms with Crippen LogP contribution in [0.25, 0.3) is 0 Å². The molecule has 0 unspecified atom stereocenters. The van der Waals surface area contributed by atoms with Crippen molar-refractivity contribution < 1.29 is 23.2 Å². The molecule has 136 valence electrons. The topological polar surface area (TPSA) is 66.5 Å². The number of benzene rings is 2. The summed E-state index contributed by atoms with van der Waals surface area (Å²) in [6.07, 6.45) is 0.320. The van der Waals surface area contributed by atoms with Crippen molar-refractivity contribution in [2.45, 2.75) is 19.4 Å². The molecule has 0 bridgehead atoms. The van der Waals surface area contributed by atoms with Crippen molar-refractivity contribution in [2.75, 3.05) is 11.4 Å². The predicted octanol–water partition coefficient (Wildman–Crippen LogP) is 2.24. The van der Waals surface area contributed by atoms with E-state index in [4.69, 9.17) is 0 Å². The zero-order chi connectivity index (χ0) is 19.1. The van der Waals surface area contributed by atoms with E-state index >= 15 is 0 Å². The number of anilines is 1. The Balaban J connectivity index is 2.04. The van der Waals surface area contributed by atoms with Crippen molar-refractivity contribution in [2.24, 2.45) is 0 Å². The minimum Gasteiger partial charge on any atom is -0.344 e. The molecule has 0 heterocycles. The molecule has 0 spiro atoms. The Labute approximate surface area is 149 Å². The van der Waals surface area contributed by atoms with E-state index in [2.05, 4.69) is 5.32 Å². The molecular formula is C19H18F2N2O3. The number of rotatable bonds is 7. The van der Waals surface area contributed by atoms with Gasteiger partial charge in [0.2, 0.25) is 11.8 Å². The number of hydrogen-bond donors (Lipinski definition) is 1. The first-order chi connectivity index (χ1) is 12.4. The molecular weight excluding hydrogens is 342 g/mol. The Morgan fingerprint density at radius 3 is 2.31 bits per heavy atom. The van der Waals surface area contributed by atoms with Gasteiger partial charge in [-0.25, -0.2) is 8.78 Å². The minimum atomic E-state index is -0.916. The van der Waals surface area contributed by atoms with Crippen LogP contribution in [0.3, 0.4) is 0 Å². The van der Waals surface area contributed by atoms with Crippen LogP contribution in [-0.4, -0.2) is 30.7 Å². The summed E-state index contributed by atoms with van der Waals surface area (Å²) in [5.74, 6) is -2.59. The summed E-state index contributed by atoms with van der Waals surface area (Å²) in [7, 11) is 0. The summed E-state index contributed by atoms with van der Waals surface area (Å²) < 4.78 is 26.4. The second kappa shape index (κ2) is 8.84. The maximum atomic E-state index is 13.2. The van der Waals surface area contributed by atoms with Crippen LogP contribution in [0.4, 0.5) is 14.5 Å². The maximum Gasteiger partial charge on any atom is 0.249 e. The molecule has 0 fully saturated rings. The zero-order valence-corrected chi connectivity index (χ0v) is 14.1. The largest absolute Gasteiger partial charge is 0.344 e. The van der Waals surface area contributed by atoms with Crippen LogP contribution >= 0.6 is 0 Å². The summed E-state index contributed by atoms with van der Waals surface area (Å²) in [6.45, 7) is 1.32. The van der Waals surface area contributed by atoms with Gasteiger partial charge in [-0.2, -0.15) is 0 Å². The van der Waals surface area contributed by atoms with Crippen molar-refractivity contribution in [3.8, 4) is 0 Å². The Hall–Kier alpha value is -3.09. The van der Waals surface area contributed by atoms with Crippen molar-refractivity contribution in [3.05, 3.63) is 65.7 Å². The quantitative estimate of drug-likeness (QED) is 0.770. The Kier molecular flexibility index (Phi) is 6.54. The van der Waals surface area contributed by atoms with Crippen LogP contribution < -0.4 is 10.2 Å². The van der Waals surface area contributed by atoms with E-state index in [1.807, 2.05) is 0 Å². The molecule has 2 aromatic rings. The average molecular weight is 360 g/mol. The van der Waals surface area contributed by atoms with Crippen LogP contribution in [0.5, 0.6) is 0 Å². The van der Waals surface area contributed by atoms with Gasteiger partial charge < -0.3 is 15.0 Å². The van der Waals surface area contributed by atoms with Crippen molar-refractivity contribution in [1.82, 2.24) is 5.32 Å². The maximum absolute atomic E-state index is 13.2. The highest BCUT2D eigenvalue weighted by Gasteiger charge is 2.23. The van der Waals surface area contributed by atoms with Crippen LogP contribution in [0, 0.1) is 11.6 Å². The summed E-state index contributed by atoms with van der Waals surface area (Å²) in [6, 6.07) is 10.5. The van der Waals surface area contributed by atoms with Crippen molar-refractivity contribution in [3.63, 3.8) is 0 Å². The summed E-state index contributed by atoms with van der Waals surface area (Å²) in [5.41, 5.74) is 0.686. The van der Waals surface area contributed by atoms with Gasteiger partial charge in [0.1, 0.15) is 24.0 Å². The van der Waals surface area contributed by atoms with Crippen LogP contribution in [0.15, 0.2) is 48.5 Å². The number of nitrogens with zero attached hydrogens (tertiary/aromatic N) is 1. The fraction of sp³-hybridized carbons (Fsp3) is 0.211. The molecule has 0 saturated carbocycles. The molecule has 26 heavy (non-hydrogen) atoms. The lowest BCUT2D eigenvalue weighted by molar-refractivity contribution is -0.127. The molecule has 0 aliphatic heterocycles. The normalized spacial score (nSPS) is 11.5. The summed E-state index contributed by atoms with van der Waals surface area (Å²) in [4.78, 5) is 36.8. The SMILES string of the molecule is C[C@H](NC(=O)Cc1cc(F)cc(F)c1)C(=O)N(CC=O)c1ccccc1. The third kappa shape index (κ3) is 5.20. The van der Waals surface area contributed by atoms with E-state index in [1.165, 1.54) is 11.8 Å². The number of para-hydroxylation sites is 1. The summed E-state index contributed by atoms with van der Waals surface area (Å²) >= 11 is 0. The molecule has 1 atom stereocenters. The highest BCUT2D eigenvalue weighted by atomic mass is 19.1. The number of amides is 2. The highest BCUT2D eigenvalue weighted by Crippen LogP contribution is 2.14. The van der Waals surface area contributed by atoms with E-state index in [0.717, 1.165) is 12.1 Å². The lowest BCUT2D eigenvalue weighted by Crippen LogP contribution is -2.48. The monoisotopic (exact) mass is 360 g/mol. The first-order valence-corrected chi connectivity index (χ1v) is 7.95. The van der Waals surface area contributed by atoms with E-state index in [0.29, 0.717) is 18.0 Å². The number of halogens is 2. The van der Waals surface area contributed by atoms with Gasteiger partial charge in [-0.3, -0.25) is 9.59 Å². The molecule has 0 saturated heterocycles. The molecule has 0 radical (unpaired) electrons. The zero-order valence-electron chi connectivity index (χ0n) is 14.1. The third-order valence-corrected chi connectivity index (χ3v) is 3.63. The second-order valence-corrected chi connectivity index (χ2v) is 5.69. The molecule has 5 nitrogen and oxygen atoms in total. The molecule has 2 aromatic carbocycles. The molecule has 0 aromatic heterocycles. The van der Waals surface area contributed by atoms with Crippen LogP contribution in [0.2, 0.25) is 0 Å². The molecule has 7 heteroatoms. The molecule has 1 N–H and O–H groups in total. The predicted molar refractivity (Wildman–Crippen MR) is 92.5 cm³/mol.